The summed E-state index contributed by atoms with van der Waals surface area (Å²) in [4.78, 5) is 14.3. The lowest BCUT2D eigenvalue weighted by molar-refractivity contribution is -0.385. The van der Waals surface area contributed by atoms with Gasteiger partial charge in [0.2, 0.25) is 10.0 Å². The number of nitro groups is 1. The number of anilines is 1. The van der Waals surface area contributed by atoms with Crippen molar-refractivity contribution in [3.8, 4) is 0 Å². The third-order valence-electron chi connectivity index (χ3n) is 4.85. The Hall–Kier alpha value is -2.56. The first-order valence-electron chi connectivity index (χ1n) is 9.33. The molecule has 8 nitrogen and oxygen atoms in total. The molecule has 1 saturated heterocycles. The molecule has 0 bridgehead atoms. The highest BCUT2D eigenvalue weighted by molar-refractivity contribution is 7.89. The molecular weight excluding hydrogens is 399 g/mol. The molecule has 0 spiro atoms. The summed E-state index contributed by atoms with van der Waals surface area (Å²) < 4.78 is 41.0. The molecule has 2 aromatic rings. The van der Waals surface area contributed by atoms with Crippen molar-refractivity contribution >= 4 is 21.4 Å². The van der Waals surface area contributed by atoms with Crippen molar-refractivity contribution in [3.63, 3.8) is 0 Å². The van der Waals surface area contributed by atoms with Crippen LogP contribution in [0.15, 0.2) is 53.4 Å². The van der Waals surface area contributed by atoms with E-state index in [4.69, 9.17) is 0 Å². The van der Waals surface area contributed by atoms with E-state index in [1.54, 1.807) is 12.1 Å². The van der Waals surface area contributed by atoms with E-state index in [9.17, 15) is 22.9 Å². The third kappa shape index (κ3) is 5.49. The second-order valence-electron chi connectivity index (χ2n) is 6.79. The second-order valence-corrected chi connectivity index (χ2v) is 8.55. The van der Waals surface area contributed by atoms with Gasteiger partial charge in [-0.15, -0.1) is 0 Å². The van der Waals surface area contributed by atoms with Crippen molar-refractivity contribution in [1.29, 1.82) is 0 Å². The molecule has 0 saturated carbocycles. The van der Waals surface area contributed by atoms with Gasteiger partial charge in [0.25, 0.3) is 5.69 Å². The molecule has 0 aliphatic carbocycles. The van der Waals surface area contributed by atoms with Gasteiger partial charge >= 0.3 is 0 Å². The highest BCUT2D eigenvalue weighted by atomic mass is 32.2. The number of para-hydroxylation sites is 1. The van der Waals surface area contributed by atoms with E-state index in [1.165, 1.54) is 24.3 Å². The lowest BCUT2D eigenvalue weighted by Crippen LogP contribution is -2.47. The van der Waals surface area contributed by atoms with Crippen LogP contribution in [0.3, 0.4) is 0 Å². The summed E-state index contributed by atoms with van der Waals surface area (Å²) in [7, 11) is -3.79. The van der Waals surface area contributed by atoms with Crippen LogP contribution in [-0.2, 0) is 10.0 Å². The van der Waals surface area contributed by atoms with E-state index in [-0.39, 0.29) is 22.9 Å². The molecule has 2 aromatic carbocycles. The molecular formula is C19H23FN4O4S. The van der Waals surface area contributed by atoms with Crippen LogP contribution < -0.4 is 9.62 Å². The number of piperazine rings is 1. The number of benzene rings is 2. The first-order valence-corrected chi connectivity index (χ1v) is 10.8. The number of nitrogens with one attached hydrogen (secondary N) is 1. The Labute approximate surface area is 169 Å². The number of non-ortho nitro benzene ring substituents is 1. The lowest BCUT2D eigenvalue weighted by atomic mass is 10.2. The van der Waals surface area contributed by atoms with Gasteiger partial charge in [0, 0.05) is 44.9 Å². The van der Waals surface area contributed by atoms with Crippen LogP contribution >= 0.6 is 0 Å². The molecule has 29 heavy (non-hydrogen) atoms. The quantitative estimate of drug-likeness (QED) is 0.398. The van der Waals surface area contributed by atoms with Crippen molar-refractivity contribution in [2.24, 2.45) is 0 Å². The van der Waals surface area contributed by atoms with Gasteiger partial charge in [0.1, 0.15) is 5.82 Å². The largest absolute Gasteiger partial charge is 0.367 e. The van der Waals surface area contributed by atoms with Crippen LogP contribution in [0.1, 0.15) is 6.42 Å². The van der Waals surface area contributed by atoms with E-state index in [0.717, 1.165) is 19.2 Å². The molecule has 0 aromatic heterocycles. The molecule has 1 fully saturated rings. The fourth-order valence-corrected chi connectivity index (χ4v) is 4.39. The molecule has 10 heteroatoms. The highest BCUT2D eigenvalue weighted by Gasteiger charge is 2.20. The fourth-order valence-electron chi connectivity index (χ4n) is 3.28. The van der Waals surface area contributed by atoms with Gasteiger partial charge in [-0.2, -0.15) is 0 Å². The molecule has 3 rings (SSSR count). The van der Waals surface area contributed by atoms with Crippen LogP contribution in [0.25, 0.3) is 0 Å². The molecule has 1 aliphatic rings. The maximum Gasteiger partial charge on any atom is 0.270 e. The van der Waals surface area contributed by atoms with E-state index < -0.39 is 14.9 Å². The van der Waals surface area contributed by atoms with Crippen LogP contribution in [0.2, 0.25) is 0 Å². The smallest absolute Gasteiger partial charge is 0.270 e. The van der Waals surface area contributed by atoms with Gasteiger partial charge in [0.15, 0.2) is 0 Å². The van der Waals surface area contributed by atoms with E-state index in [2.05, 4.69) is 9.62 Å². The molecule has 0 amide bonds. The maximum absolute atomic E-state index is 13.9. The lowest BCUT2D eigenvalue weighted by Gasteiger charge is -2.36. The predicted octanol–water partition coefficient (Wildman–Crippen LogP) is 2.22. The van der Waals surface area contributed by atoms with Crippen LogP contribution in [0.4, 0.5) is 15.8 Å². The molecule has 0 radical (unpaired) electrons. The standard InChI is InChI=1S/C19H23FN4O4S/c20-18-7-1-2-8-19(18)23-13-11-22(12-14-23)10-4-9-21-29(27,28)17-6-3-5-16(15-17)24(25)26/h1-3,5-8,15,21H,4,9-14H2. The molecule has 1 heterocycles. The predicted molar refractivity (Wildman–Crippen MR) is 108 cm³/mol. The monoisotopic (exact) mass is 422 g/mol. The molecule has 0 unspecified atom stereocenters. The van der Waals surface area contributed by atoms with Crippen molar-refractivity contribution in [1.82, 2.24) is 9.62 Å². The first-order chi connectivity index (χ1) is 13.9. The minimum Gasteiger partial charge on any atom is -0.367 e. The summed E-state index contributed by atoms with van der Waals surface area (Å²) in [6.07, 6.45) is 0.605. The fraction of sp³-hybridized carbons (Fsp3) is 0.368. The Kier molecular flexibility index (Phi) is 6.78. The van der Waals surface area contributed by atoms with Crippen LogP contribution in [0.5, 0.6) is 0 Å². The Morgan fingerprint density at radius 3 is 2.48 bits per heavy atom. The van der Waals surface area contributed by atoms with Gasteiger partial charge < -0.3 is 4.90 Å². The molecule has 1 aliphatic heterocycles. The number of nitro benzene ring substituents is 1. The summed E-state index contributed by atoms with van der Waals surface area (Å²) in [5.74, 6) is -0.225. The zero-order chi connectivity index (χ0) is 20.9. The van der Waals surface area contributed by atoms with E-state index >= 15 is 0 Å². The Morgan fingerprint density at radius 2 is 1.79 bits per heavy atom. The normalized spacial score (nSPS) is 15.4. The summed E-state index contributed by atoms with van der Waals surface area (Å²) in [5.41, 5.74) is 0.345. The van der Waals surface area contributed by atoms with Gasteiger partial charge in [-0.3, -0.25) is 15.0 Å². The number of sulfonamides is 1. The minimum absolute atomic E-state index is 0.120. The Bertz CT molecular complexity index is 962. The maximum atomic E-state index is 13.9. The number of halogens is 1. The Balaban J connectivity index is 1.44. The van der Waals surface area contributed by atoms with Gasteiger partial charge in [-0.05, 0) is 31.2 Å². The number of hydrogen-bond acceptors (Lipinski definition) is 6. The third-order valence-corrected chi connectivity index (χ3v) is 6.31. The van der Waals surface area contributed by atoms with E-state index in [1.807, 2.05) is 11.0 Å². The van der Waals surface area contributed by atoms with Crippen molar-refractivity contribution in [2.45, 2.75) is 11.3 Å². The van der Waals surface area contributed by atoms with Gasteiger partial charge in [0.05, 0.1) is 15.5 Å². The van der Waals surface area contributed by atoms with Crippen LogP contribution in [0, 0.1) is 15.9 Å². The minimum atomic E-state index is -3.79. The summed E-state index contributed by atoms with van der Waals surface area (Å²) in [6.45, 7) is 3.90. The number of nitrogens with zero attached hydrogens (tertiary/aromatic N) is 3. The van der Waals surface area contributed by atoms with E-state index in [0.29, 0.717) is 31.7 Å². The average Bonchev–Trinajstić information content (AvgIpc) is 2.72. The second kappa shape index (κ2) is 9.29. The summed E-state index contributed by atoms with van der Waals surface area (Å²) >= 11 is 0. The van der Waals surface area contributed by atoms with Crippen molar-refractivity contribution < 1.29 is 17.7 Å². The van der Waals surface area contributed by atoms with Crippen molar-refractivity contribution in [2.75, 3.05) is 44.2 Å². The van der Waals surface area contributed by atoms with Gasteiger partial charge in [-0.1, -0.05) is 18.2 Å². The Morgan fingerprint density at radius 1 is 1.07 bits per heavy atom. The summed E-state index contributed by atoms with van der Waals surface area (Å²) in [5, 5.41) is 10.8. The topological polar surface area (TPSA) is 95.8 Å². The van der Waals surface area contributed by atoms with Gasteiger partial charge in [-0.25, -0.2) is 17.5 Å². The number of hydrogen-bond donors (Lipinski definition) is 1. The zero-order valence-electron chi connectivity index (χ0n) is 15.8. The number of rotatable bonds is 8. The highest BCUT2D eigenvalue weighted by Crippen LogP contribution is 2.20. The zero-order valence-corrected chi connectivity index (χ0v) is 16.6. The molecule has 1 N–H and O–H groups in total. The SMILES string of the molecule is O=[N+]([O-])c1cccc(S(=O)(=O)NCCCN2CCN(c3ccccc3F)CC2)c1. The summed E-state index contributed by atoms with van der Waals surface area (Å²) in [6, 6.07) is 11.7. The van der Waals surface area contributed by atoms with Crippen LogP contribution in [-0.4, -0.2) is 57.5 Å². The first kappa shape index (κ1) is 21.2. The molecule has 156 valence electrons. The molecule has 0 atom stereocenters. The average molecular weight is 422 g/mol. The van der Waals surface area contributed by atoms with Crippen molar-refractivity contribution in [3.05, 3.63) is 64.5 Å².